The molecule has 0 bridgehead atoms. The van der Waals surface area contributed by atoms with E-state index in [0.717, 1.165) is 5.56 Å². The minimum absolute atomic E-state index is 0.152. The summed E-state index contributed by atoms with van der Waals surface area (Å²) in [5, 5.41) is 18.4. The number of carboxylic acids is 2. The van der Waals surface area contributed by atoms with Crippen molar-refractivity contribution >= 4 is 11.9 Å². The van der Waals surface area contributed by atoms with Crippen LogP contribution in [-0.4, -0.2) is 22.2 Å². The molecule has 2 N–H and O–H groups in total. The molecule has 0 radical (unpaired) electrons. The van der Waals surface area contributed by atoms with Crippen LogP contribution >= 0.6 is 0 Å². The molecule has 2 rings (SSSR count). The van der Waals surface area contributed by atoms with Crippen LogP contribution in [0.2, 0.25) is 0 Å². The number of hydrogen-bond donors (Lipinski definition) is 2. The van der Waals surface area contributed by atoms with Crippen LogP contribution in [0.15, 0.2) is 48.5 Å². The van der Waals surface area contributed by atoms with Crippen molar-refractivity contribution in [2.24, 2.45) is 0 Å². The second-order valence-electron chi connectivity index (χ2n) is 5.92. The van der Waals surface area contributed by atoms with Crippen LogP contribution in [0.25, 0.3) is 0 Å². The second kappa shape index (κ2) is 7.09. The number of carboxylic acid groups (broad SMARTS) is 2. The quantitative estimate of drug-likeness (QED) is 0.847. The highest BCUT2D eigenvalue weighted by Crippen LogP contribution is 2.23. The predicted octanol–water partition coefficient (Wildman–Crippen LogP) is 3.92. The minimum Gasteiger partial charge on any atom is -0.481 e. The van der Waals surface area contributed by atoms with Gasteiger partial charge in [0.15, 0.2) is 0 Å². The first-order valence-corrected chi connectivity index (χ1v) is 7.53. The molecule has 0 fully saturated rings. The summed E-state index contributed by atoms with van der Waals surface area (Å²) in [4.78, 5) is 22.5. The summed E-state index contributed by atoms with van der Waals surface area (Å²) in [6.07, 6.45) is 0.375. The Hall–Kier alpha value is -2.62. The van der Waals surface area contributed by atoms with Gasteiger partial charge in [-0.25, -0.2) is 4.79 Å². The maximum atomic E-state index is 11.6. The third-order valence-corrected chi connectivity index (χ3v) is 3.94. The zero-order valence-electron chi connectivity index (χ0n) is 13.2. The molecular weight excluding hydrogens is 292 g/mol. The molecule has 0 aromatic heterocycles. The molecule has 2 aromatic carbocycles. The van der Waals surface area contributed by atoms with E-state index in [0.29, 0.717) is 17.9 Å². The second-order valence-corrected chi connectivity index (χ2v) is 5.92. The smallest absolute Gasteiger partial charge is 0.335 e. The number of rotatable bonds is 6. The fourth-order valence-electron chi connectivity index (χ4n) is 2.48. The summed E-state index contributed by atoms with van der Waals surface area (Å²) in [7, 11) is 0. The molecule has 0 aliphatic heterocycles. The Labute approximate surface area is 135 Å². The van der Waals surface area contributed by atoms with Gasteiger partial charge in [0.2, 0.25) is 0 Å². The van der Waals surface area contributed by atoms with Crippen molar-refractivity contribution in [3.63, 3.8) is 0 Å². The van der Waals surface area contributed by atoms with Crippen molar-refractivity contribution in [3.8, 4) is 0 Å². The standard InChI is InChI=1S/C19H20O4/c1-12(2)14-5-3-13(4-6-14)11-17(19(22)23)15-7-9-16(10-8-15)18(20)21/h3-10,12,17H,11H2,1-2H3,(H,20,21)(H,22,23). The molecular formula is C19H20O4. The molecule has 120 valence electrons. The molecule has 0 saturated carbocycles. The third-order valence-electron chi connectivity index (χ3n) is 3.94. The number of hydrogen-bond acceptors (Lipinski definition) is 2. The molecule has 0 aliphatic carbocycles. The summed E-state index contributed by atoms with van der Waals surface area (Å²) in [5.41, 5.74) is 2.92. The molecule has 2 aromatic rings. The molecule has 0 aliphatic rings. The van der Waals surface area contributed by atoms with Gasteiger partial charge in [-0.3, -0.25) is 4.79 Å². The van der Waals surface area contributed by atoms with E-state index in [4.69, 9.17) is 5.11 Å². The van der Waals surface area contributed by atoms with Crippen LogP contribution in [0.5, 0.6) is 0 Å². The van der Waals surface area contributed by atoms with E-state index < -0.39 is 17.9 Å². The lowest BCUT2D eigenvalue weighted by molar-refractivity contribution is -0.138. The number of benzene rings is 2. The summed E-state index contributed by atoms with van der Waals surface area (Å²) in [6, 6.07) is 14.0. The summed E-state index contributed by atoms with van der Waals surface area (Å²) in [5.74, 6) is -2.20. The van der Waals surface area contributed by atoms with Crippen molar-refractivity contribution in [2.75, 3.05) is 0 Å². The van der Waals surface area contributed by atoms with E-state index >= 15 is 0 Å². The summed E-state index contributed by atoms with van der Waals surface area (Å²) < 4.78 is 0. The lowest BCUT2D eigenvalue weighted by atomic mass is 9.90. The van der Waals surface area contributed by atoms with Crippen molar-refractivity contribution in [3.05, 3.63) is 70.8 Å². The van der Waals surface area contributed by atoms with Gasteiger partial charge in [0.1, 0.15) is 0 Å². The first-order valence-electron chi connectivity index (χ1n) is 7.53. The SMILES string of the molecule is CC(C)c1ccc(CC(C(=O)O)c2ccc(C(=O)O)cc2)cc1. The Morgan fingerprint density at radius 1 is 0.870 bits per heavy atom. The van der Waals surface area contributed by atoms with E-state index in [1.165, 1.54) is 17.7 Å². The first kappa shape index (κ1) is 16.7. The summed E-state index contributed by atoms with van der Waals surface area (Å²) in [6.45, 7) is 4.22. The van der Waals surface area contributed by atoms with Crippen LogP contribution in [0, 0.1) is 0 Å². The maximum Gasteiger partial charge on any atom is 0.335 e. The van der Waals surface area contributed by atoms with Crippen molar-refractivity contribution in [2.45, 2.75) is 32.1 Å². The van der Waals surface area contributed by atoms with Crippen molar-refractivity contribution in [1.29, 1.82) is 0 Å². The van der Waals surface area contributed by atoms with Crippen LogP contribution in [0.4, 0.5) is 0 Å². The monoisotopic (exact) mass is 312 g/mol. The third kappa shape index (κ3) is 4.19. The number of aliphatic carboxylic acids is 1. The number of carbonyl (C=O) groups is 2. The fourth-order valence-corrected chi connectivity index (χ4v) is 2.48. The Kier molecular flexibility index (Phi) is 5.16. The van der Waals surface area contributed by atoms with Crippen molar-refractivity contribution in [1.82, 2.24) is 0 Å². The first-order chi connectivity index (χ1) is 10.9. The molecule has 0 saturated heterocycles. The topological polar surface area (TPSA) is 74.6 Å². The molecule has 0 heterocycles. The molecule has 4 heteroatoms. The fraction of sp³-hybridized carbons (Fsp3) is 0.263. The zero-order chi connectivity index (χ0) is 17.0. The molecule has 1 unspecified atom stereocenters. The Balaban J connectivity index is 2.21. The zero-order valence-corrected chi connectivity index (χ0v) is 13.2. The highest BCUT2D eigenvalue weighted by Gasteiger charge is 2.20. The van der Waals surface area contributed by atoms with Gasteiger partial charge >= 0.3 is 11.9 Å². The Morgan fingerprint density at radius 3 is 1.83 bits per heavy atom. The number of aromatic carboxylic acids is 1. The molecule has 23 heavy (non-hydrogen) atoms. The normalized spacial score (nSPS) is 12.1. The van der Waals surface area contributed by atoms with Gasteiger partial charge < -0.3 is 10.2 Å². The highest BCUT2D eigenvalue weighted by atomic mass is 16.4. The van der Waals surface area contributed by atoms with Crippen LogP contribution in [-0.2, 0) is 11.2 Å². The van der Waals surface area contributed by atoms with Crippen LogP contribution in [0.1, 0.15) is 52.7 Å². The Bertz CT molecular complexity index is 684. The van der Waals surface area contributed by atoms with Gasteiger partial charge in [0.05, 0.1) is 11.5 Å². The van der Waals surface area contributed by atoms with Gasteiger partial charge in [-0.05, 0) is 41.2 Å². The minimum atomic E-state index is -1.02. The van der Waals surface area contributed by atoms with Gasteiger partial charge in [0, 0.05) is 0 Å². The van der Waals surface area contributed by atoms with Crippen molar-refractivity contribution < 1.29 is 19.8 Å². The Morgan fingerprint density at radius 2 is 1.39 bits per heavy atom. The molecule has 1 atom stereocenters. The largest absolute Gasteiger partial charge is 0.481 e. The van der Waals surface area contributed by atoms with E-state index in [2.05, 4.69) is 13.8 Å². The molecule has 0 spiro atoms. The van der Waals surface area contributed by atoms with E-state index in [1.54, 1.807) is 12.1 Å². The lowest BCUT2D eigenvalue weighted by Gasteiger charge is -2.14. The van der Waals surface area contributed by atoms with Gasteiger partial charge in [0.25, 0.3) is 0 Å². The average molecular weight is 312 g/mol. The highest BCUT2D eigenvalue weighted by molar-refractivity contribution is 5.87. The van der Waals surface area contributed by atoms with Gasteiger partial charge in [-0.1, -0.05) is 50.2 Å². The molecule has 0 amide bonds. The van der Waals surface area contributed by atoms with Gasteiger partial charge in [-0.15, -0.1) is 0 Å². The summed E-state index contributed by atoms with van der Waals surface area (Å²) >= 11 is 0. The van der Waals surface area contributed by atoms with E-state index in [9.17, 15) is 14.7 Å². The predicted molar refractivity (Wildman–Crippen MR) is 88.0 cm³/mol. The van der Waals surface area contributed by atoms with E-state index in [-0.39, 0.29) is 5.56 Å². The maximum absolute atomic E-state index is 11.6. The van der Waals surface area contributed by atoms with Gasteiger partial charge in [-0.2, -0.15) is 0 Å². The van der Waals surface area contributed by atoms with Crippen LogP contribution in [0.3, 0.4) is 0 Å². The average Bonchev–Trinajstić information content (AvgIpc) is 2.53. The lowest BCUT2D eigenvalue weighted by Crippen LogP contribution is -2.14. The molecule has 4 nitrogen and oxygen atoms in total. The van der Waals surface area contributed by atoms with E-state index in [1.807, 2.05) is 24.3 Å². The van der Waals surface area contributed by atoms with Crippen LogP contribution < -0.4 is 0 Å².